The molecule has 70 valence electrons. The maximum absolute atomic E-state index is 3.41. The Kier molecular flexibility index (Phi) is 5.45. The Bertz CT molecular complexity index is 267. The molecule has 0 aliphatic heterocycles. The quantitative estimate of drug-likeness (QED) is 0.456. The monoisotopic (exact) mass is 304 g/mol. The van der Waals surface area contributed by atoms with Gasteiger partial charge in [-0.3, -0.25) is 0 Å². The molecule has 0 nitrogen and oxygen atoms in total. The van der Waals surface area contributed by atoms with Gasteiger partial charge in [0.2, 0.25) is 0 Å². The predicted molar refractivity (Wildman–Crippen MR) is 64.2 cm³/mol. The zero-order chi connectivity index (χ0) is 9.52. The average Bonchev–Trinajstić information content (AvgIpc) is 2.17. The van der Waals surface area contributed by atoms with E-state index in [1.54, 1.807) is 0 Å². The van der Waals surface area contributed by atoms with E-state index >= 15 is 0 Å². The van der Waals surface area contributed by atoms with Crippen LogP contribution in [0.2, 0.25) is 5.32 Å². The molecule has 0 spiro atoms. The van der Waals surface area contributed by atoms with Crippen LogP contribution in [-0.4, -0.2) is 20.3 Å². The van der Waals surface area contributed by atoms with Crippen molar-refractivity contribution in [1.82, 2.24) is 0 Å². The molecule has 0 bridgehead atoms. The third kappa shape index (κ3) is 4.66. The first-order chi connectivity index (χ1) is 6.33. The molecule has 2 heteroatoms. The molecule has 1 aromatic carbocycles. The molecule has 0 N–H and O–H groups in total. The van der Waals surface area contributed by atoms with Gasteiger partial charge in [0.1, 0.15) is 0 Å². The molecular weight excluding hydrogens is 291 g/mol. The fourth-order valence-corrected chi connectivity index (χ4v) is 3.27. The van der Waals surface area contributed by atoms with Crippen molar-refractivity contribution in [2.75, 3.05) is 5.33 Å². The number of hydrogen-bond donors (Lipinski definition) is 0. The number of halogens is 1. The third-order valence-corrected chi connectivity index (χ3v) is 4.49. The summed E-state index contributed by atoms with van der Waals surface area (Å²) in [5.74, 6) is 0. The Balaban J connectivity index is 2.39. The van der Waals surface area contributed by atoms with Gasteiger partial charge in [0.15, 0.2) is 0 Å². The van der Waals surface area contributed by atoms with Crippen LogP contribution >= 0.6 is 15.9 Å². The second-order valence-electron chi connectivity index (χ2n) is 2.81. The normalized spacial score (nSPS) is 11.7. The standard InChI is InChI=1S/C11H13BrSe/c1-10(7-8-12)9-13-11-5-3-2-4-6-11/h2-7H,8-9H2,1H3/b10-7+. The zero-order valence-electron chi connectivity index (χ0n) is 7.66. The SMILES string of the molecule is C/C(=C\CBr)C[Se]c1ccccc1. The van der Waals surface area contributed by atoms with Gasteiger partial charge in [-0.05, 0) is 0 Å². The molecule has 0 aliphatic rings. The fraction of sp³-hybridized carbons (Fsp3) is 0.273. The second-order valence-corrected chi connectivity index (χ2v) is 5.65. The van der Waals surface area contributed by atoms with Crippen molar-refractivity contribution < 1.29 is 0 Å². The summed E-state index contributed by atoms with van der Waals surface area (Å²) < 4.78 is 1.48. The van der Waals surface area contributed by atoms with E-state index in [1.807, 2.05) is 0 Å². The summed E-state index contributed by atoms with van der Waals surface area (Å²) in [6, 6.07) is 10.7. The van der Waals surface area contributed by atoms with Gasteiger partial charge in [-0.1, -0.05) is 0 Å². The number of hydrogen-bond acceptors (Lipinski definition) is 0. The van der Waals surface area contributed by atoms with Crippen LogP contribution in [0.15, 0.2) is 42.0 Å². The summed E-state index contributed by atoms with van der Waals surface area (Å²) in [5.41, 5.74) is 1.49. The molecule has 0 unspecified atom stereocenters. The predicted octanol–water partition coefficient (Wildman–Crippen LogP) is 2.78. The van der Waals surface area contributed by atoms with Crippen LogP contribution in [-0.2, 0) is 0 Å². The van der Waals surface area contributed by atoms with E-state index in [-0.39, 0.29) is 0 Å². The minimum absolute atomic E-state index is 0.601. The summed E-state index contributed by atoms with van der Waals surface area (Å²) in [6.07, 6.45) is 2.24. The van der Waals surface area contributed by atoms with Gasteiger partial charge in [-0.25, -0.2) is 0 Å². The Morgan fingerprint density at radius 1 is 1.38 bits per heavy atom. The van der Waals surface area contributed by atoms with Gasteiger partial charge in [0.05, 0.1) is 0 Å². The Hall–Kier alpha value is -0.0405. The van der Waals surface area contributed by atoms with E-state index in [9.17, 15) is 0 Å². The van der Waals surface area contributed by atoms with Crippen molar-refractivity contribution in [2.45, 2.75) is 12.2 Å². The molecule has 0 saturated heterocycles. The van der Waals surface area contributed by atoms with E-state index in [0.29, 0.717) is 15.0 Å². The van der Waals surface area contributed by atoms with E-state index < -0.39 is 0 Å². The summed E-state index contributed by atoms with van der Waals surface area (Å²) >= 11 is 4.01. The molecule has 0 fully saturated rings. The molecule has 0 aromatic heterocycles. The third-order valence-electron chi connectivity index (χ3n) is 1.64. The van der Waals surface area contributed by atoms with E-state index in [1.165, 1.54) is 15.4 Å². The molecule has 0 heterocycles. The molecular formula is C11H13BrSe. The Morgan fingerprint density at radius 2 is 2.08 bits per heavy atom. The molecule has 0 amide bonds. The summed E-state index contributed by atoms with van der Waals surface area (Å²) in [5, 5.41) is 2.20. The Morgan fingerprint density at radius 3 is 2.69 bits per heavy atom. The van der Waals surface area contributed by atoms with Crippen LogP contribution in [0.25, 0.3) is 0 Å². The summed E-state index contributed by atoms with van der Waals surface area (Å²) in [4.78, 5) is 0. The number of rotatable bonds is 4. The zero-order valence-corrected chi connectivity index (χ0v) is 11.0. The molecule has 0 atom stereocenters. The number of benzene rings is 1. The van der Waals surface area contributed by atoms with Crippen LogP contribution in [0.1, 0.15) is 6.92 Å². The second kappa shape index (κ2) is 6.42. The minimum atomic E-state index is 0.601. The van der Waals surface area contributed by atoms with Gasteiger partial charge in [0, 0.05) is 0 Å². The molecule has 0 saturated carbocycles. The van der Waals surface area contributed by atoms with Gasteiger partial charge in [-0.2, -0.15) is 0 Å². The van der Waals surface area contributed by atoms with E-state index in [2.05, 4.69) is 59.3 Å². The molecule has 1 aromatic rings. The molecule has 0 aliphatic carbocycles. The molecule has 13 heavy (non-hydrogen) atoms. The van der Waals surface area contributed by atoms with Crippen LogP contribution in [0.5, 0.6) is 0 Å². The first-order valence-electron chi connectivity index (χ1n) is 4.22. The average molecular weight is 304 g/mol. The van der Waals surface area contributed by atoms with Gasteiger partial charge >= 0.3 is 94.9 Å². The van der Waals surface area contributed by atoms with E-state index in [4.69, 9.17) is 0 Å². The maximum atomic E-state index is 3.41. The topological polar surface area (TPSA) is 0 Å². The van der Waals surface area contributed by atoms with Crippen molar-refractivity contribution in [3.8, 4) is 0 Å². The van der Waals surface area contributed by atoms with Crippen molar-refractivity contribution in [3.05, 3.63) is 42.0 Å². The van der Waals surface area contributed by atoms with Crippen LogP contribution in [0.3, 0.4) is 0 Å². The van der Waals surface area contributed by atoms with Crippen molar-refractivity contribution in [2.24, 2.45) is 0 Å². The summed E-state index contributed by atoms with van der Waals surface area (Å²) in [6.45, 7) is 2.20. The van der Waals surface area contributed by atoms with Gasteiger partial charge in [-0.15, -0.1) is 0 Å². The summed E-state index contributed by atoms with van der Waals surface area (Å²) in [7, 11) is 0. The van der Waals surface area contributed by atoms with Crippen LogP contribution in [0, 0.1) is 0 Å². The van der Waals surface area contributed by atoms with Gasteiger partial charge in [0.25, 0.3) is 0 Å². The van der Waals surface area contributed by atoms with Crippen LogP contribution < -0.4 is 4.46 Å². The molecule has 1 rings (SSSR count). The van der Waals surface area contributed by atoms with Crippen molar-refractivity contribution in [3.63, 3.8) is 0 Å². The van der Waals surface area contributed by atoms with Crippen molar-refractivity contribution in [1.29, 1.82) is 0 Å². The van der Waals surface area contributed by atoms with E-state index in [0.717, 1.165) is 5.33 Å². The fourth-order valence-electron chi connectivity index (χ4n) is 0.905. The Labute approximate surface area is 94.7 Å². The van der Waals surface area contributed by atoms with Gasteiger partial charge < -0.3 is 0 Å². The van der Waals surface area contributed by atoms with Crippen molar-refractivity contribution >= 4 is 35.3 Å². The van der Waals surface area contributed by atoms with Crippen LogP contribution in [0.4, 0.5) is 0 Å². The molecule has 0 radical (unpaired) electrons. The first-order valence-corrected chi connectivity index (χ1v) is 7.41. The number of alkyl halides is 1. The first kappa shape index (κ1) is 11.0. The number of allylic oxidation sites excluding steroid dienone is 2.